The van der Waals surface area contributed by atoms with Gasteiger partial charge in [-0.15, -0.1) is 0 Å². The summed E-state index contributed by atoms with van der Waals surface area (Å²) in [4.78, 5) is 22.6. The first-order valence-electron chi connectivity index (χ1n) is 6.68. The molecule has 0 saturated carbocycles. The van der Waals surface area contributed by atoms with E-state index >= 15 is 0 Å². The van der Waals surface area contributed by atoms with Gasteiger partial charge in [-0.2, -0.15) is 0 Å². The van der Waals surface area contributed by atoms with Gasteiger partial charge in [0.15, 0.2) is 0 Å². The van der Waals surface area contributed by atoms with Crippen LogP contribution in [0.5, 0.6) is 0 Å². The fourth-order valence-corrected chi connectivity index (χ4v) is 2.92. The van der Waals surface area contributed by atoms with E-state index in [1.165, 1.54) is 16.7 Å². The molecule has 0 aliphatic carbocycles. The van der Waals surface area contributed by atoms with Gasteiger partial charge in [0.2, 0.25) is 0 Å². The molecule has 122 valence electrons. The normalized spacial score (nSPS) is 12.3. The molecule has 0 radical (unpaired) electrons. The number of carbonyl (C=O) groups is 1. The number of fused-ring (bicyclic) bond motifs is 1. The number of rotatable bonds is 1. The highest BCUT2D eigenvalue weighted by Crippen LogP contribution is 2.26. The van der Waals surface area contributed by atoms with E-state index in [9.17, 15) is 14.0 Å². The smallest absolute Gasteiger partial charge is 0.339 e. The van der Waals surface area contributed by atoms with Crippen molar-refractivity contribution in [3.8, 4) is 0 Å². The number of carboxylic acids is 1. The van der Waals surface area contributed by atoms with Crippen LogP contribution in [0.25, 0.3) is 0 Å². The number of hydrogen-bond donors (Lipinski definition) is 2. The number of nitrogens with zero attached hydrogens (tertiary/aromatic N) is 1. The predicted octanol–water partition coefficient (Wildman–Crippen LogP) is 3.32. The fraction of sp³-hybridized carbons (Fsp3) is 0.200. The molecule has 0 atom stereocenters. The second-order valence-electron chi connectivity index (χ2n) is 4.85. The molecular weight excluding hydrogens is 391 g/mol. The summed E-state index contributed by atoms with van der Waals surface area (Å²) in [6.07, 6.45) is 1.30. The average Bonchev–Trinajstić information content (AvgIpc) is 2.94. The Morgan fingerprint density at radius 1 is 1.43 bits per heavy atom. The first-order valence-corrected chi connectivity index (χ1v) is 7.85. The van der Waals surface area contributed by atoms with E-state index in [-0.39, 0.29) is 22.1 Å². The molecule has 1 aromatic carbocycles. The van der Waals surface area contributed by atoms with Gasteiger partial charge < -0.3 is 15.4 Å². The molecule has 2 aromatic rings. The van der Waals surface area contributed by atoms with Gasteiger partial charge in [-0.25, -0.2) is 9.18 Å². The predicted molar refractivity (Wildman–Crippen MR) is 89.5 cm³/mol. The number of aromatic nitrogens is 1. The fourth-order valence-electron chi connectivity index (χ4n) is 2.36. The second kappa shape index (κ2) is 7.14. The van der Waals surface area contributed by atoms with E-state index in [1.54, 1.807) is 12.1 Å². The van der Waals surface area contributed by atoms with E-state index in [1.807, 2.05) is 0 Å². The van der Waals surface area contributed by atoms with Crippen molar-refractivity contribution in [2.45, 2.75) is 19.4 Å². The lowest BCUT2D eigenvalue weighted by molar-refractivity contribution is 0.0696. The number of aromatic carboxylic acids is 1. The molecule has 0 unspecified atom stereocenters. The van der Waals surface area contributed by atoms with E-state index in [2.05, 4.69) is 15.9 Å². The van der Waals surface area contributed by atoms with E-state index in [4.69, 9.17) is 22.4 Å². The highest BCUT2D eigenvalue weighted by atomic mass is 79.9. The molecule has 23 heavy (non-hydrogen) atoms. The van der Waals surface area contributed by atoms with E-state index in [0.717, 1.165) is 10.9 Å². The number of anilines is 1. The average molecular weight is 404 g/mol. The number of pyridine rings is 1. The molecule has 0 amide bonds. The molecule has 3 rings (SSSR count). The van der Waals surface area contributed by atoms with Crippen LogP contribution in [0.2, 0.25) is 5.02 Å². The number of nitrogen functional groups attached to an aromatic ring is 1. The van der Waals surface area contributed by atoms with Crippen molar-refractivity contribution >= 4 is 39.2 Å². The number of benzene rings is 1. The van der Waals surface area contributed by atoms with Crippen LogP contribution in [0.1, 0.15) is 22.5 Å². The molecule has 8 heteroatoms. The summed E-state index contributed by atoms with van der Waals surface area (Å²) in [5.41, 5.74) is 5.46. The Hall–Kier alpha value is -1.86. The van der Waals surface area contributed by atoms with Crippen molar-refractivity contribution in [2.75, 3.05) is 5.73 Å². The third-order valence-electron chi connectivity index (χ3n) is 3.35. The van der Waals surface area contributed by atoms with Crippen LogP contribution >= 0.6 is 27.5 Å². The van der Waals surface area contributed by atoms with Crippen molar-refractivity contribution < 1.29 is 14.3 Å². The molecule has 0 spiro atoms. The summed E-state index contributed by atoms with van der Waals surface area (Å²) >= 11 is 8.81. The minimum absolute atomic E-state index is 0.0305. The Morgan fingerprint density at radius 3 is 2.65 bits per heavy atom. The first kappa shape index (κ1) is 17.5. The van der Waals surface area contributed by atoms with Crippen molar-refractivity contribution in [3.05, 3.63) is 61.2 Å². The molecular formula is C15H13BrClFN2O3. The van der Waals surface area contributed by atoms with Gasteiger partial charge in [-0.1, -0.05) is 33.6 Å². The Kier molecular flexibility index (Phi) is 5.43. The standard InChI is InChI=1S/C9H9ClN2O3.C6H4BrF/c10-6-7(11)5(9(14)15)4-2-1-3-12(4)8(6)13;7-5-2-1-3-6(8)4-5/h1-3,11H2,(H,14,15);1-4H. The van der Waals surface area contributed by atoms with Gasteiger partial charge in [-0.05, 0) is 31.0 Å². The minimum atomic E-state index is -1.14. The van der Waals surface area contributed by atoms with Crippen molar-refractivity contribution in [1.82, 2.24) is 4.57 Å². The largest absolute Gasteiger partial charge is 0.478 e. The van der Waals surface area contributed by atoms with Gasteiger partial charge in [0, 0.05) is 16.7 Å². The Balaban J connectivity index is 0.000000203. The molecule has 1 aromatic heterocycles. The lowest BCUT2D eigenvalue weighted by Crippen LogP contribution is -2.24. The maximum absolute atomic E-state index is 12.1. The highest BCUT2D eigenvalue weighted by Gasteiger charge is 2.25. The Morgan fingerprint density at radius 2 is 2.13 bits per heavy atom. The summed E-state index contributed by atoms with van der Waals surface area (Å²) in [5.74, 6) is -1.35. The summed E-state index contributed by atoms with van der Waals surface area (Å²) < 4.78 is 14.3. The first-order chi connectivity index (χ1) is 10.8. The van der Waals surface area contributed by atoms with Crippen LogP contribution in [0, 0.1) is 5.82 Å². The monoisotopic (exact) mass is 402 g/mol. The third kappa shape index (κ3) is 3.73. The molecule has 0 fully saturated rings. The highest BCUT2D eigenvalue weighted by molar-refractivity contribution is 9.10. The van der Waals surface area contributed by atoms with E-state index < -0.39 is 11.5 Å². The SMILES string of the molecule is Fc1cccc(Br)c1.Nc1c(C(=O)O)c2n(c(=O)c1Cl)CCC2. The molecule has 0 saturated heterocycles. The van der Waals surface area contributed by atoms with Crippen molar-refractivity contribution in [2.24, 2.45) is 0 Å². The number of carboxylic acid groups (broad SMARTS) is 1. The van der Waals surface area contributed by atoms with Crippen LogP contribution in [0.3, 0.4) is 0 Å². The van der Waals surface area contributed by atoms with Crippen LogP contribution in [-0.2, 0) is 13.0 Å². The van der Waals surface area contributed by atoms with Crippen LogP contribution in [0.4, 0.5) is 10.1 Å². The molecule has 5 nitrogen and oxygen atoms in total. The summed E-state index contributed by atoms with van der Waals surface area (Å²) in [5, 5.41) is 8.79. The minimum Gasteiger partial charge on any atom is -0.478 e. The lowest BCUT2D eigenvalue weighted by Gasteiger charge is -2.10. The quantitative estimate of drug-likeness (QED) is 0.765. The summed E-state index contributed by atoms with van der Waals surface area (Å²) in [6.45, 7) is 0.508. The van der Waals surface area contributed by atoms with Crippen LogP contribution < -0.4 is 11.3 Å². The summed E-state index contributed by atoms with van der Waals surface area (Å²) in [7, 11) is 0. The van der Waals surface area contributed by atoms with Gasteiger partial charge in [0.05, 0.1) is 5.69 Å². The maximum atomic E-state index is 12.1. The molecule has 1 aliphatic rings. The molecule has 2 heterocycles. The molecule has 3 N–H and O–H groups in total. The zero-order valence-electron chi connectivity index (χ0n) is 11.9. The maximum Gasteiger partial charge on any atom is 0.339 e. The zero-order chi connectivity index (χ0) is 17.1. The van der Waals surface area contributed by atoms with Crippen LogP contribution in [0.15, 0.2) is 33.5 Å². The zero-order valence-corrected chi connectivity index (χ0v) is 14.2. The number of hydrogen-bond acceptors (Lipinski definition) is 3. The molecule has 1 aliphatic heterocycles. The lowest BCUT2D eigenvalue weighted by atomic mass is 10.1. The van der Waals surface area contributed by atoms with Gasteiger partial charge in [0.25, 0.3) is 5.56 Å². The molecule has 0 bridgehead atoms. The topological polar surface area (TPSA) is 85.3 Å². The van der Waals surface area contributed by atoms with Crippen LogP contribution in [-0.4, -0.2) is 15.6 Å². The van der Waals surface area contributed by atoms with Gasteiger partial charge in [-0.3, -0.25) is 4.79 Å². The Labute approximate surface area is 144 Å². The van der Waals surface area contributed by atoms with Crippen molar-refractivity contribution in [3.63, 3.8) is 0 Å². The third-order valence-corrected chi connectivity index (χ3v) is 4.21. The number of nitrogens with two attached hydrogens (primary N) is 1. The summed E-state index contributed by atoms with van der Waals surface area (Å²) in [6, 6.07) is 6.26. The second-order valence-corrected chi connectivity index (χ2v) is 6.15. The Bertz CT molecular complexity index is 806. The van der Waals surface area contributed by atoms with Gasteiger partial charge in [0.1, 0.15) is 16.4 Å². The van der Waals surface area contributed by atoms with E-state index in [0.29, 0.717) is 18.7 Å². The van der Waals surface area contributed by atoms with Crippen molar-refractivity contribution in [1.29, 1.82) is 0 Å². The number of halogens is 3. The van der Waals surface area contributed by atoms with Gasteiger partial charge >= 0.3 is 5.97 Å².